The van der Waals surface area contributed by atoms with Gasteiger partial charge in [-0.25, -0.2) is 13.6 Å². The Morgan fingerprint density at radius 3 is 2.50 bits per heavy atom. The molecule has 0 saturated carbocycles. The average Bonchev–Trinajstić information content (AvgIpc) is 2.46. The zero-order valence-electron chi connectivity index (χ0n) is 14.3. The molecule has 0 radical (unpaired) electrons. The van der Waals surface area contributed by atoms with Crippen LogP contribution in [0.4, 0.5) is 25.0 Å². The third-order valence-corrected chi connectivity index (χ3v) is 3.84. The number of alkyl carbamates (subject to hydrolysis) is 1. The SMILES string of the molecule is CC(C)(C)OC(=O)NC1CCN(c2ccc(N)cc2C(F)F)CC1. The van der Waals surface area contributed by atoms with Gasteiger partial charge in [0.2, 0.25) is 0 Å². The zero-order valence-corrected chi connectivity index (χ0v) is 14.3. The summed E-state index contributed by atoms with van der Waals surface area (Å²) in [5.41, 5.74) is 5.86. The van der Waals surface area contributed by atoms with Gasteiger partial charge in [-0.3, -0.25) is 0 Å². The number of nitrogens with two attached hydrogens (primary N) is 1. The molecular weight excluding hydrogens is 316 g/mol. The molecule has 1 aromatic carbocycles. The Hall–Kier alpha value is -2.05. The van der Waals surface area contributed by atoms with Crippen molar-refractivity contribution >= 4 is 17.5 Å². The Bertz CT molecular complexity index is 580. The molecule has 1 aliphatic heterocycles. The van der Waals surface area contributed by atoms with Gasteiger partial charge < -0.3 is 20.7 Å². The van der Waals surface area contributed by atoms with E-state index in [1.807, 2.05) is 25.7 Å². The highest BCUT2D eigenvalue weighted by Gasteiger charge is 2.26. The van der Waals surface area contributed by atoms with Gasteiger partial charge in [0.15, 0.2) is 0 Å². The number of carbonyl (C=O) groups excluding carboxylic acids is 1. The standard InChI is InChI=1S/C17H25F2N3O2/c1-17(2,3)24-16(23)21-12-6-8-22(9-7-12)14-5-4-11(20)10-13(14)15(18)19/h4-5,10,12,15H,6-9,20H2,1-3H3,(H,21,23). The number of amides is 1. The maximum Gasteiger partial charge on any atom is 0.407 e. The second-order valence-electron chi connectivity index (χ2n) is 7.03. The lowest BCUT2D eigenvalue weighted by molar-refractivity contribution is 0.0497. The van der Waals surface area contributed by atoms with E-state index in [0.29, 0.717) is 37.3 Å². The Balaban J connectivity index is 1.95. The van der Waals surface area contributed by atoms with E-state index in [0.717, 1.165) is 0 Å². The molecular formula is C17H25F2N3O2. The number of benzene rings is 1. The van der Waals surface area contributed by atoms with Gasteiger partial charge in [-0.2, -0.15) is 0 Å². The molecule has 0 spiro atoms. The molecule has 7 heteroatoms. The molecule has 24 heavy (non-hydrogen) atoms. The third-order valence-electron chi connectivity index (χ3n) is 3.84. The largest absolute Gasteiger partial charge is 0.444 e. The van der Waals surface area contributed by atoms with Crippen LogP contribution in [0.15, 0.2) is 18.2 Å². The van der Waals surface area contributed by atoms with Crippen LogP contribution in [0.1, 0.15) is 45.6 Å². The van der Waals surface area contributed by atoms with Crippen LogP contribution in [0.25, 0.3) is 0 Å². The average molecular weight is 341 g/mol. The summed E-state index contributed by atoms with van der Waals surface area (Å²) in [4.78, 5) is 13.7. The van der Waals surface area contributed by atoms with Crippen molar-refractivity contribution in [2.24, 2.45) is 0 Å². The van der Waals surface area contributed by atoms with Crippen LogP contribution in [0.5, 0.6) is 0 Å². The molecule has 1 amide bonds. The van der Waals surface area contributed by atoms with Crippen LogP contribution in [0.2, 0.25) is 0 Å². The van der Waals surface area contributed by atoms with E-state index in [9.17, 15) is 13.6 Å². The van der Waals surface area contributed by atoms with Gasteiger partial charge in [-0.05, 0) is 51.8 Å². The van der Waals surface area contributed by atoms with Gasteiger partial charge in [-0.15, -0.1) is 0 Å². The smallest absolute Gasteiger partial charge is 0.407 e. The normalized spacial score (nSPS) is 16.3. The molecule has 5 nitrogen and oxygen atoms in total. The van der Waals surface area contributed by atoms with Crippen LogP contribution in [-0.2, 0) is 4.74 Å². The molecule has 0 atom stereocenters. The van der Waals surface area contributed by atoms with Gasteiger partial charge in [0.25, 0.3) is 6.43 Å². The minimum absolute atomic E-state index is 0.0140. The van der Waals surface area contributed by atoms with Crippen molar-refractivity contribution < 1.29 is 18.3 Å². The monoisotopic (exact) mass is 341 g/mol. The second-order valence-corrected chi connectivity index (χ2v) is 7.03. The molecule has 1 heterocycles. The molecule has 134 valence electrons. The van der Waals surface area contributed by atoms with Crippen molar-refractivity contribution in [2.45, 2.75) is 51.7 Å². The molecule has 0 aliphatic carbocycles. The molecule has 1 fully saturated rings. The summed E-state index contributed by atoms with van der Waals surface area (Å²) in [6.07, 6.45) is -1.67. The fraction of sp³-hybridized carbons (Fsp3) is 0.588. The predicted octanol–water partition coefficient (Wildman–Crippen LogP) is 3.70. The molecule has 0 aromatic heterocycles. The van der Waals surface area contributed by atoms with Crippen LogP contribution in [-0.4, -0.2) is 30.8 Å². The summed E-state index contributed by atoms with van der Waals surface area (Å²) >= 11 is 0. The first-order chi connectivity index (χ1) is 11.2. The van der Waals surface area contributed by atoms with E-state index in [1.165, 1.54) is 6.07 Å². The summed E-state index contributed by atoms with van der Waals surface area (Å²) in [5, 5.41) is 2.84. The maximum atomic E-state index is 13.2. The summed E-state index contributed by atoms with van der Waals surface area (Å²) < 4.78 is 31.7. The van der Waals surface area contributed by atoms with Crippen molar-refractivity contribution in [3.63, 3.8) is 0 Å². The lowest BCUT2D eigenvalue weighted by atomic mass is 10.0. The first-order valence-corrected chi connectivity index (χ1v) is 8.08. The fourth-order valence-electron chi connectivity index (χ4n) is 2.77. The summed E-state index contributed by atoms with van der Waals surface area (Å²) in [5.74, 6) is 0. The van der Waals surface area contributed by atoms with E-state index >= 15 is 0 Å². The molecule has 1 saturated heterocycles. The van der Waals surface area contributed by atoms with Gasteiger partial charge in [0, 0.05) is 36.1 Å². The highest BCUT2D eigenvalue weighted by molar-refractivity contribution is 5.68. The van der Waals surface area contributed by atoms with Gasteiger partial charge >= 0.3 is 6.09 Å². The van der Waals surface area contributed by atoms with E-state index in [4.69, 9.17) is 10.5 Å². The number of anilines is 2. The number of nitrogens with zero attached hydrogens (tertiary/aromatic N) is 1. The number of hydrogen-bond donors (Lipinski definition) is 2. The van der Waals surface area contributed by atoms with Crippen molar-refractivity contribution in [1.82, 2.24) is 5.32 Å². The lowest BCUT2D eigenvalue weighted by Crippen LogP contribution is -2.46. The highest BCUT2D eigenvalue weighted by Crippen LogP contribution is 2.33. The molecule has 1 aromatic rings. The minimum atomic E-state index is -2.57. The number of nitrogen functional groups attached to an aromatic ring is 1. The Morgan fingerprint density at radius 1 is 1.33 bits per heavy atom. The number of rotatable bonds is 3. The molecule has 3 N–H and O–H groups in total. The number of alkyl halides is 2. The van der Waals surface area contributed by atoms with Gasteiger partial charge in [-0.1, -0.05) is 0 Å². The van der Waals surface area contributed by atoms with Crippen LogP contribution < -0.4 is 16.0 Å². The van der Waals surface area contributed by atoms with E-state index in [1.54, 1.807) is 12.1 Å². The molecule has 0 bridgehead atoms. The van der Waals surface area contributed by atoms with Crippen LogP contribution >= 0.6 is 0 Å². The Labute approximate surface area is 141 Å². The molecule has 1 aliphatic rings. The van der Waals surface area contributed by atoms with E-state index in [2.05, 4.69) is 5.32 Å². The Morgan fingerprint density at radius 2 is 1.96 bits per heavy atom. The van der Waals surface area contributed by atoms with Crippen molar-refractivity contribution in [3.8, 4) is 0 Å². The number of halogens is 2. The van der Waals surface area contributed by atoms with Crippen LogP contribution in [0, 0.1) is 0 Å². The second kappa shape index (κ2) is 7.23. The van der Waals surface area contributed by atoms with Crippen molar-refractivity contribution in [1.29, 1.82) is 0 Å². The molecule has 0 unspecified atom stereocenters. The highest BCUT2D eigenvalue weighted by atomic mass is 19.3. The quantitative estimate of drug-likeness (QED) is 0.823. The number of ether oxygens (including phenoxy) is 1. The first-order valence-electron chi connectivity index (χ1n) is 8.08. The topological polar surface area (TPSA) is 67.6 Å². The maximum absolute atomic E-state index is 13.2. The first kappa shape index (κ1) is 18.3. The van der Waals surface area contributed by atoms with Gasteiger partial charge in [0.05, 0.1) is 0 Å². The van der Waals surface area contributed by atoms with E-state index in [-0.39, 0.29) is 11.6 Å². The van der Waals surface area contributed by atoms with E-state index < -0.39 is 18.1 Å². The zero-order chi connectivity index (χ0) is 17.9. The number of hydrogen-bond acceptors (Lipinski definition) is 4. The Kier molecular flexibility index (Phi) is 5.51. The van der Waals surface area contributed by atoms with Crippen molar-refractivity contribution in [3.05, 3.63) is 23.8 Å². The predicted molar refractivity (Wildman–Crippen MR) is 90.4 cm³/mol. The van der Waals surface area contributed by atoms with Crippen LogP contribution in [0.3, 0.4) is 0 Å². The minimum Gasteiger partial charge on any atom is -0.444 e. The summed E-state index contributed by atoms with van der Waals surface area (Å²) in [6.45, 7) is 6.60. The molecule has 2 rings (SSSR count). The fourth-order valence-corrected chi connectivity index (χ4v) is 2.77. The summed E-state index contributed by atoms with van der Waals surface area (Å²) in [6, 6.07) is 4.58. The van der Waals surface area contributed by atoms with Gasteiger partial charge in [0.1, 0.15) is 5.60 Å². The lowest BCUT2D eigenvalue weighted by Gasteiger charge is -2.35. The number of piperidine rings is 1. The summed E-state index contributed by atoms with van der Waals surface area (Å²) in [7, 11) is 0. The number of carbonyl (C=O) groups is 1. The third kappa shape index (κ3) is 4.97. The van der Waals surface area contributed by atoms with Crippen molar-refractivity contribution in [2.75, 3.05) is 23.7 Å². The number of nitrogens with one attached hydrogen (secondary N) is 1.